The number of anilines is 2. The lowest BCUT2D eigenvalue weighted by Crippen LogP contribution is -2.42. The Kier molecular flexibility index (Phi) is 4.84. The number of hydrogen-bond acceptors (Lipinski definition) is 5. The zero-order valence-corrected chi connectivity index (χ0v) is 17.1. The maximum atomic E-state index is 12.9. The molecule has 6 nitrogen and oxygen atoms in total. The highest BCUT2D eigenvalue weighted by Crippen LogP contribution is 2.38. The van der Waals surface area contributed by atoms with Crippen LogP contribution in [0.15, 0.2) is 54.6 Å². The highest BCUT2D eigenvalue weighted by atomic mass is 32.1. The number of benzene rings is 2. The molecule has 29 heavy (non-hydrogen) atoms. The van der Waals surface area contributed by atoms with E-state index in [1.165, 1.54) is 11.3 Å². The molecule has 0 saturated carbocycles. The minimum atomic E-state index is -0.657. The van der Waals surface area contributed by atoms with Gasteiger partial charge in [0.2, 0.25) is 5.91 Å². The molecule has 7 heteroatoms. The number of amides is 2. The molecule has 0 atom stereocenters. The summed E-state index contributed by atoms with van der Waals surface area (Å²) in [5.74, 6) is 0.320. The highest BCUT2D eigenvalue weighted by molar-refractivity contribution is 7.16. The van der Waals surface area contributed by atoms with Gasteiger partial charge in [-0.3, -0.25) is 9.59 Å². The summed E-state index contributed by atoms with van der Waals surface area (Å²) in [6, 6.07) is 10.7. The lowest BCUT2D eigenvalue weighted by Gasteiger charge is -2.27. The molecule has 0 unspecified atom stereocenters. The Balaban J connectivity index is 1.62. The van der Waals surface area contributed by atoms with Gasteiger partial charge < -0.3 is 15.0 Å². The lowest BCUT2D eigenvalue weighted by atomic mass is 9.93. The van der Waals surface area contributed by atoms with Gasteiger partial charge in [-0.2, -0.15) is 0 Å². The third-order valence-corrected chi connectivity index (χ3v) is 5.62. The van der Waals surface area contributed by atoms with Crippen molar-refractivity contribution in [2.24, 2.45) is 5.41 Å². The van der Waals surface area contributed by atoms with Gasteiger partial charge in [-0.15, -0.1) is 17.9 Å². The fraction of sp³-hybridized carbons (Fsp3) is 0.227. The van der Waals surface area contributed by atoms with Crippen LogP contribution < -0.4 is 15.0 Å². The van der Waals surface area contributed by atoms with Gasteiger partial charge in [-0.1, -0.05) is 6.08 Å². The Morgan fingerprint density at radius 1 is 1.34 bits per heavy atom. The van der Waals surface area contributed by atoms with Gasteiger partial charge in [0, 0.05) is 23.9 Å². The Morgan fingerprint density at radius 3 is 2.97 bits per heavy atom. The van der Waals surface area contributed by atoms with Gasteiger partial charge in [-0.05, 0) is 44.2 Å². The van der Waals surface area contributed by atoms with Gasteiger partial charge in [0.1, 0.15) is 12.4 Å². The van der Waals surface area contributed by atoms with Crippen LogP contribution in [0.2, 0.25) is 0 Å². The van der Waals surface area contributed by atoms with Crippen LogP contribution in [-0.4, -0.2) is 29.9 Å². The molecule has 148 valence electrons. The van der Waals surface area contributed by atoms with Gasteiger partial charge in [0.15, 0.2) is 0 Å². The molecule has 1 aromatic heterocycles. The van der Waals surface area contributed by atoms with Crippen molar-refractivity contribution in [3.8, 4) is 5.75 Å². The van der Waals surface area contributed by atoms with Crippen LogP contribution in [0.5, 0.6) is 5.75 Å². The zero-order valence-electron chi connectivity index (χ0n) is 16.3. The number of carbonyl (C=O) groups is 2. The quantitative estimate of drug-likeness (QED) is 0.647. The average Bonchev–Trinajstić information content (AvgIpc) is 3.15. The Hall–Kier alpha value is -3.19. The number of nitrogens with one attached hydrogen (secondary N) is 1. The van der Waals surface area contributed by atoms with Gasteiger partial charge in [0.05, 0.1) is 26.8 Å². The maximum Gasteiger partial charge on any atom is 0.255 e. The van der Waals surface area contributed by atoms with E-state index in [9.17, 15) is 9.59 Å². The van der Waals surface area contributed by atoms with E-state index in [1.54, 1.807) is 40.8 Å². The summed E-state index contributed by atoms with van der Waals surface area (Å²) in [4.78, 5) is 31.5. The van der Waals surface area contributed by atoms with Crippen molar-refractivity contribution in [2.45, 2.75) is 13.8 Å². The molecule has 1 aliphatic rings. The van der Waals surface area contributed by atoms with Crippen molar-refractivity contribution in [3.05, 3.63) is 60.1 Å². The molecule has 0 fully saturated rings. The van der Waals surface area contributed by atoms with Crippen molar-refractivity contribution < 1.29 is 14.3 Å². The summed E-state index contributed by atoms with van der Waals surface area (Å²) in [6.07, 6.45) is 1.69. The van der Waals surface area contributed by atoms with Crippen LogP contribution >= 0.6 is 11.3 Å². The molecule has 0 aliphatic carbocycles. The molecule has 0 spiro atoms. The van der Waals surface area contributed by atoms with Crippen LogP contribution in [0.4, 0.5) is 11.4 Å². The molecule has 2 amide bonds. The monoisotopic (exact) mass is 407 g/mol. The highest BCUT2D eigenvalue weighted by Gasteiger charge is 2.37. The number of nitrogens with zero attached hydrogens (tertiary/aromatic N) is 2. The van der Waals surface area contributed by atoms with Crippen LogP contribution in [0, 0.1) is 5.41 Å². The van der Waals surface area contributed by atoms with Gasteiger partial charge in [-0.25, -0.2) is 4.98 Å². The molecular formula is C22H21N3O3S. The van der Waals surface area contributed by atoms with E-state index in [4.69, 9.17) is 4.74 Å². The molecule has 1 aliphatic heterocycles. The molecule has 4 rings (SSSR count). The average molecular weight is 407 g/mol. The van der Waals surface area contributed by atoms with Crippen LogP contribution in [0.1, 0.15) is 24.2 Å². The van der Waals surface area contributed by atoms with E-state index in [0.29, 0.717) is 29.2 Å². The van der Waals surface area contributed by atoms with Crippen molar-refractivity contribution in [1.82, 2.24) is 4.98 Å². The van der Waals surface area contributed by atoms with Crippen molar-refractivity contribution >= 4 is 44.7 Å². The first kappa shape index (κ1) is 19.1. The van der Waals surface area contributed by atoms with E-state index < -0.39 is 5.41 Å². The van der Waals surface area contributed by atoms with Crippen LogP contribution in [0.25, 0.3) is 10.2 Å². The first-order chi connectivity index (χ1) is 13.9. The van der Waals surface area contributed by atoms with Gasteiger partial charge >= 0.3 is 0 Å². The fourth-order valence-electron chi connectivity index (χ4n) is 3.24. The number of hydrogen-bond donors (Lipinski definition) is 1. The largest absolute Gasteiger partial charge is 0.490 e. The topological polar surface area (TPSA) is 71.5 Å². The SMILES string of the molecule is C=CCN1C(=O)C(C)(C)COc2cc(NC(=O)c3ccc4ncsc4c3)ccc21. The first-order valence-corrected chi connectivity index (χ1v) is 10.1. The Bertz CT molecular complexity index is 1120. The Morgan fingerprint density at radius 2 is 2.17 bits per heavy atom. The minimum Gasteiger partial charge on any atom is -0.490 e. The molecular weight excluding hydrogens is 386 g/mol. The number of carbonyl (C=O) groups excluding carboxylic acids is 2. The van der Waals surface area contributed by atoms with E-state index in [1.807, 2.05) is 26.0 Å². The van der Waals surface area contributed by atoms with Crippen LogP contribution in [0.3, 0.4) is 0 Å². The second-order valence-corrected chi connectivity index (χ2v) is 8.43. The van der Waals surface area contributed by atoms with Crippen molar-refractivity contribution in [1.29, 1.82) is 0 Å². The number of thiazole rings is 1. The molecule has 0 radical (unpaired) electrons. The van der Waals surface area contributed by atoms with E-state index in [2.05, 4.69) is 16.9 Å². The maximum absolute atomic E-state index is 12.9. The summed E-state index contributed by atoms with van der Waals surface area (Å²) in [5, 5.41) is 2.91. The predicted molar refractivity (Wildman–Crippen MR) is 116 cm³/mol. The van der Waals surface area contributed by atoms with Crippen LogP contribution in [-0.2, 0) is 4.79 Å². The third-order valence-electron chi connectivity index (χ3n) is 4.83. The molecule has 0 saturated heterocycles. The number of ether oxygens (including phenoxy) is 1. The minimum absolute atomic E-state index is 0.0224. The molecule has 2 aromatic carbocycles. The predicted octanol–water partition coefficient (Wildman–Crippen LogP) is 4.49. The summed E-state index contributed by atoms with van der Waals surface area (Å²) >= 11 is 1.49. The normalized spacial score (nSPS) is 15.4. The molecule has 1 N–H and O–H groups in total. The Labute approximate surface area is 172 Å². The zero-order chi connectivity index (χ0) is 20.6. The molecule has 0 bridgehead atoms. The standard InChI is InChI=1S/C22H21N3O3S/c1-4-9-25-17-8-6-15(11-18(17)28-12-22(2,3)21(25)27)24-20(26)14-5-7-16-19(10-14)29-13-23-16/h4-8,10-11,13H,1,9,12H2,2-3H3,(H,24,26). The van der Waals surface area contributed by atoms with Crippen molar-refractivity contribution in [2.75, 3.05) is 23.4 Å². The first-order valence-electron chi connectivity index (χ1n) is 9.23. The van der Waals surface area contributed by atoms with E-state index in [-0.39, 0.29) is 18.4 Å². The summed E-state index contributed by atoms with van der Waals surface area (Å²) < 4.78 is 6.89. The summed E-state index contributed by atoms with van der Waals surface area (Å²) in [6.45, 7) is 8.11. The molecule has 2 heterocycles. The number of rotatable bonds is 4. The number of fused-ring (bicyclic) bond motifs is 2. The number of aromatic nitrogens is 1. The third kappa shape index (κ3) is 3.61. The second-order valence-electron chi connectivity index (χ2n) is 7.55. The fourth-order valence-corrected chi connectivity index (χ4v) is 3.95. The van der Waals surface area contributed by atoms with E-state index >= 15 is 0 Å². The lowest BCUT2D eigenvalue weighted by molar-refractivity contribution is -0.127. The van der Waals surface area contributed by atoms with E-state index in [0.717, 1.165) is 10.2 Å². The second kappa shape index (κ2) is 7.33. The van der Waals surface area contributed by atoms with Gasteiger partial charge in [0.25, 0.3) is 5.91 Å². The summed E-state index contributed by atoms with van der Waals surface area (Å²) in [7, 11) is 0. The summed E-state index contributed by atoms with van der Waals surface area (Å²) in [5.41, 5.74) is 3.80. The van der Waals surface area contributed by atoms with Crippen molar-refractivity contribution in [3.63, 3.8) is 0 Å². The molecule has 3 aromatic rings. The smallest absolute Gasteiger partial charge is 0.255 e.